The SMILES string of the molecule is C.Cc1ccc(C(=O)CCCN2CCC(c3cccc(NC(=O)C(C)C)c3)CC2)cc1C. The second-order valence-electron chi connectivity index (χ2n) is 9.21. The molecule has 0 saturated carbocycles. The predicted molar refractivity (Wildman–Crippen MR) is 135 cm³/mol. The summed E-state index contributed by atoms with van der Waals surface area (Å²) in [5.41, 5.74) is 5.45. The van der Waals surface area contributed by atoms with Gasteiger partial charge in [0.05, 0.1) is 0 Å². The summed E-state index contributed by atoms with van der Waals surface area (Å²) in [6.45, 7) is 11.0. The van der Waals surface area contributed by atoms with E-state index in [1.54, 1.807) is 0 Å². The molecule has 1 aliphatic rings. The fraction of sp³-hybridized carbons (Fsp3) is 0.500. The number of piperidine rings is 1. The summed E-state index contributed by atoms with van der Waals surface area (Å²) in [5.74, 6) is 0.818. The van der Waals surface area contributed by atoms with Gasteiger partial charge in [0.15, 0.2) is 5.78 Å². The van der Waals surface area contributed by atoms with Crippen LogP contribution in [0, 0.1) is 19.8 Å². The van der Waals surface area contributed by atoms with Crippen LogP contribution < -0.4 is 5.32 Å². The van der Waals surface area contributed by atoms with E-state index in [-0.39, 0.29) is 25.0 Å². The maximum atomic E-state index is 12.5. The molecule has 1 heterocycles. The first-order valence-electron chi connectivity index (χ1n) is 11.6. The first kappa shape index (κ1) is 25.8. The third-order valence-electron chi connectivity index (χ3n) is 6.44. The van der Waals surface area contributed by atoms with Gasteiger partial charge in [0.2, 0.25) is 5.91 Å². The monoisotopic (exact) mass is 436 g/mol. The number of likely N-dealkylation sites (tertiary alicyclic amines) is 1. The number of rotatable bonds is 8. The molecule has 1 aliphatic heterocycles. The van der Waals surface area contributed by atoms with Crippen molar-refractivity contribution in [1.82, 2.24) is 4.90 Å². The van der Waals surface area contributed by atoms with Gasteiger partial charge in [-0.2, -0.15) is 0 Å². The van der Waals surface area contributed by atoms with Crippen molar-refractivity contribution in [2.75, 3.05) is 25.0 Å². The number of anilines is 1. The van der Waals surface area contributed by atoms with E-state index < -0.39 is 0 Å². The highest BCUT2D eigenvalue weighted by molar-refractivity contribution is 5.96. The Kier molecular flexibility index (Phi) is 9.64. The fourth-order valence-corrected chi connectivity index (χ4v) is 4.17. The van der Waals surface area contributed by atoms with Crippen LogP contribution in [0.15, 0.2) is 42.5 Å². The van der Waals surface area contributed by atoms with Gasteiger partial charge >= 0.3 is 0 Å². The maximum absolute atomic E-state index is 12.5. The molecule has 0 bridgehead atoms. The zero-order valence-electron chi connectivity index (χ0n) is 19.4. The van der Waals surface area contributed by atoms with E-state index in [0.29, 0.717) is 12.3 Å². The van der Waals surface area contributed by atoms with Crippen molar-refractivity contribution >= 4 is 17.4 Å². The molecular formula is C28H40N2O2. The Labute approximate surface area is 194 Å². The van der Waals surface area contributed by atoms with Crippen molar-refractivity contribution in [2.24, 2.45) is 5.92 Å². The van der Waals surface area contributed by atoms with Gasteiger partial charge in [0, 0.05) is 23.6 Å². The minimum atomic E-state index is -0.0196. The quantitative estimate of drug-likeness (QED) is 0.489. The second kappa shape index (κ2) is 12.0. The molecule has 0 unspecified atom stereocenters. The molecular weight excluding hydrogens is 396 g/mol. The van der Waals surface area contributed by atoms with Gasteiger partial charge in [-0.3, -0.25) is 9.59 Å². The van der Waals surface area contributed by atoms with Crippen molar-refractivity contribution in [1.29, 1.82) is 0 Å². The fourth-order valence-electron chi connectivity index (χ4n) is 4.17. The molecule has 0 radical (unpaired) electrons. The van der Waals surface area contributed by atoms with Gasteiger partial charge in [-0.05, 0) is 93.6 Å². The number of nitrogens with one attached hydrogen (secondary N) is 1. The van der Waals surface area contributed by atoms with E-state index in [0.717, 1.165) is 50.1 Å². The molecule has 174 valence electrons. The van der Waals surface area contributed by atoms with E-state index in [9.17, 15) is 9.59 Å². The van der Waals surface area contributed by atoms with Crippen LogP contribution in [0.2, 0.25) is 0 Å². The van der Waals surface area contributed by atoms with Crippen LogP contribution in [0.5, 0.6) is 0 Å². The maximum Gasteiger partial charge on any atom is 0.226 e. The number of carbonyl (C=O) groups is 2. The summed E-state index contributed by atoms with van der Waals surface area (Å²) in [6.07, 6.45) is 3.76. The second-order valence-corrected chi connectivity index (χ2v) is 9.21. The van der Waals surface area contributed by atoms with Crippen molar-refractivity contribution < 1.29 is 9.59 Å². The Bertz CT molecular complexity index is 911. The average molecular weight is 437 g/mol. The number of carbonyl (C=O) groups excluding carboxylic acids is 2. The lowest BCUT2D eigenvalue weighted by Gasteiger charge is -2.32. The average Bonchev–Trinajstić information content (AvgIpc) is 2.76. The number of nitrogens with zero attached hydrogens (tertiary/aromatic N) is 1. The zero-order valence-corrected chi connectivity index (χ0v) is 19.4. The molecule has 0 spiro atoms. The lowest BCUT2D eigenvalue weighted by molar-refractivity contribution is -0.118. The molecule has 0 aromatic heterocycles. The number of amides is 1. The summed E-state index contributed by atoms with van der Waals surface area (Å²) < 4.78 is 0. The molecule has 0 aliphatic carbocycles. The molecule has 1 amide bonds. The van der Waals surface area contributed by atoms with Crippen LogP contribution in [0.1, 0.15) is 79.9 Å². The Hall–Kier alpha value is -2.46. The molecule has 2 aromatic carbocycles. The topological polar surface area (TPSA) is 49.4 Å². The summed E-state index contributed by atoms with van der Waals surface area (Å²) in [6, 6.07) is 14.3. The van der Waals surface area contributed by atoms with Crippen LogP contribution in [0.25, 0.3) is 0 Å². The molecule has 32 heavy (non-hydrogen) atoms. The smallest absolute Gasteiger partial charge is 0.226 e. The number of hydrogen-bond acceptors (Lipinski definition) is 3. The number of benzene rings is 2. The largest absolute Gasteiger partial charge is 0.326 e. The van der Waals surface area contributed by atoms with E-state index in [4.69, 9.17) is 0 Å². The van der Waals surface area contributed by atoms with Crippen molar-refractivity contribution in [2.45, 2.75) is 66.7 Å². The molecule has 1 N–H and O–H groups in total. The highest BCUT2D eigenvalue weighted by Crippen LogP contribution is 2.29. The Morgan fingerprint density at radius 2 is 1.75 bits per heavy atom. The molecule has 3 rings (SSSR count). The summed E-state index contributed by atoms with van der Waals surface area (Å²) >= 11 is 0. The first-order valence-corrected chi connectivity index (χ1v) is 11.6. The minimum Gasteiger partial charge on any atom is -0.326 e. The summed E-state index contributed by atoms with van der Waals surface area (Å²) in [7, 11) is 0. The lowest BCUT2D eigenvalue weighted by atomic mass is 9.89. The molecule has 2 aromatic rings. The summed E-state index contributed by atoms with van der Waals surface area (Å²) in [5, 5.41) is 3.01. The van der Waals surface area contributed by atoms with Crippen molar-refractivity contribution in [3.8, 4) is 0 Å². The van der Waals surface area contributed by atoms with Crippen LogP contribution in [0.4, 0.5) is 5.69 Å². The zero-order chi connectivity index (χ0) is 22.4. The van der Waals surface area contributed by atoms with Gasteiger partial charge in [-0.15, -0.1) is 0 Å². The number of hydrogen-bond donors (Lipinski definition) is 1. The van der Waals surface area contributed by atoms with Gasteiger partial charge in [-0.1, -0.05) is 45.5 Å². The standard InChI is InChI=1S/C27H36N2O2.CH4/c1-19(2)27(31)28-25-8-5-7-23(18-25)22-12-15-29(16-13-22)14-6-9-26(30)24-11-10-20(3)21(4)17-24;/h5,7-8,10-11,17-19,22H,6,9,12-16H2,1-4H3,(H,28,31);1H4. The molecule has 4 nitrogen and oxygen atoms in total. The van der Waals surface area contributed by atoms with Crippen LogP contribution in [0.3, 0.4) is 0 Å². The van der Waals surface area contributed by atoms with E-state index in [1.165, 1.54) is 16.7 Å². The third-order valence-corrected chi connectivity index (χ3v) is 6.44. The van der Waals surface area contributed by atoms with Gasteiger partial charge in [0.1, 0.15) is 0 Å². The summed E-state index contributed by atoms with van der Waals surface area (Å²) in [4.78, 5) is 26.9. The minimum absolute atomic E-state index is 0. The number of ketones is 1. The molecule has 0 atom stereocenters. The Morgan fingerprint density at radius 3 is 2.41 bits per heavy atom. The highest BCUT2D eigenvalue weighted by atomic mass is 16.1. The number of Topliss-reactive ketones (excluding diaryl/α,β-unsaturated/α-hetero) is 1. The van der Waals surface area contributed by atoms with Crippen molar-refractivity contribution in [3.05, 3.63) is 64.7 Å². The molecule has 4 heteroatoms. The van der Waals surface area contributed by atoms with Crippen LogP contribution in [-0.2, 0) is 4.79 Å². The van der Waals surface area contributed by atoms with Crippen LogP contribution in [-0.4, -0.2) is 36.2 Å². The van der Waals surface area contributed by atoms with Crippen molar-refractivity contribution in [3.63, 3.8) is 0 Å². The van der Waals surface area contributed by atoms with Gasteiger partial charge < -0.3 is 10.2 Å². The van der Waals surface area contributed by atoms with E-state index >= 15 is 0 Å². The van der Waals surface area contributed by atoms with Gasteiger partial charge in [0.25, 0.3) is 0 Å². The van der Waals surface area contributed by atoms with E-state index in [1.807, 2.05) is 44.2 Å². The molecule has 1 saturated heterocycles. The normalized spacial score (nSPS) is 14.8. The highest BCUT2D eigenvalue weighted by Gasteiger charge is 2.21. The first-order chi connectivity index (χ1) is 14.8. The van der Waals surface area contributed by atoms with E-state index in [2.05, 4.69) is 36.2 Å². The number of aryl methyl sites for hydroxylation is 2. The van der Waals surface area contributed by atoms with Crippen LogP contribution >= 0.6 is 0 Å². The lowest BCUT2D eigenvalue weighted by Crippen LogP contribution is -2.33. The third kappa shape index (κ3) is 7.03. The molecule has 1 fully saturated rings. The van der Waals surface area contributed by atoms with Gasteiger partial charge in [-0.25, -0.2) is 0 Å². The Morgan fingerprint density at radius 1 is 1.03 bits per heavy atom. The predicted octanol–water partition coefficient (Wildman–Crippen LogP) is 6.38. The Balaban J connectivity index is 0.00000363.